The number of hydrogen-bond acceptors (Lipinski definition) is 5. The molecule has 0 bridgehead atoms. The molecule has 0 fully saturated rings. The first kappa shape index (κ1) is 12.4. The third-order valence-corrected chi connectivity index (χ3v) is 2.96. The van der Waals surface area contributed by atoms with E-state index < -0.39 is 0 Å². The van der Waals surface area contributed by atoms with Crippen molar-refractivity contribution in [1.29, 1.82) is 0 Å². The van der Waals surface area contributed by atoms with Crippen molar-refractivity contribution < 1.29 is 0 Å². The van der Waals surface area contributed by atoms with Crippen LogP contribution < -0.4 is 11.5 Å². The molecule has 0 atom stereocenters. The van der Waals surface area contributed by atoms with E-state index in [4.69, 9.17) is 11.5 Å². The van der Waals surface area contributed by atoms with Gasteiger partial charge in [0.15, 0.2) is 5.16 Å². The molecule has 0 saturated heterocycles. The highest BCUT2D eigenvalue weighted by Crippen LogP contribution is 2.16. The molecule has 18 heavy (non-hydrogen) atoms. The molecule has 1 aromatic heterocycles. The smallest absolute Gasteiger partial charge is 0.191 e. The van der Waals surface area contributed by atoms with E-state index in [0.29, 0.717) is 16.8 Å². The summed E-state index contributed by atoms with van der Waals surface area (Å²) in [6.07, 6.45) is 4.12. The van der Waals surface area contributed by atoms with Crippen molar-refractivity contribution in [1.82, 2.24) is 9.97 Å². The van der Waals surface area contributed by atoms with Gasteiger partial charge < -0.3 is 11.5 Å². The van der Waals surface area contributed by atoms with E-state index >= 15 is 0 Å². The average molecular weight is 258 g/mol. The summed E-state index contributed by atoms with van der Waals surface area (Å²) in [5, 5.41) is 0.602. The molecule has 0 aliphatic carbocycles. The quantitative estimate of drug-likeness (QED) is 0.650. The first-order valence-corrected chi connectivity index (χ1v) is 6.47. The SMILES string of the molecule is Nc1cc(N)nc(SCC=Cc2ccccc2)n1. The van der Waals surface area contributed by atoms with Crippen LogP contribution in [-0.4, -0.2) is 15.7 Å². The second kappa shape index (κ2) is 6.07. The Hall–Kier alpha value is -2.01. The zero-order chi connectivity index (χ0) is 12.8. The molecule has 1 aromatic carbocycles. The van der Waals surface area contributed by atoms with Crippen LogP contribution in [0.5, 0.6) is 0 Å². The highest BCUT2D eigenvalue weighted by Gasteiger charge is 1.99. The minimum absolute atomic E-state index is 0.400. The lowest BCUT2D eigenvalue weighted by atomic mass is 10.2. The van der Waals surface area contributed by atoms with Gasteiger partial charge in [0.05, 0.1) is 0 Å². The standard InChI is InChI=1S/C13H14N4S/c14-11-9-12(15)17-13(16-11)18-8-4-7-10-5-2-1-3-6-10/h1-7,9H,8H2,(H4,14,15,16,17). The second-order valence-electron chi connectivity index (χ2n) is 3.62. The Morgan fingerprint density at radius 2 is 1.72 bits per heavy atom. The number of thioether (sulfide) groups is 1. The minimum atomic E-state index is 0.400. The van der Waals surface area contributed by atoms with Crippen LogP contribution in [0.1, 0.15) is 5.56 Å². The van der Waals surface area contributed by atoms with Gasteiger partial charge in [-0.15, -0.1) is 0 Å². The minimum Gasteiger partial charge on any atom is -0.383 e. The zero-order valence-electron chi connectivity index (χ0n) is 9.78. The summed E-state index contributed by atoms with van der Waals surface area (Å²) in [4.78, 5) is 8.19. The highest BCUT2D eigenvalue weighted by atomic mass is 32.2. The fourth-order valence-electron chi connectivity index (χ4n) is 1.40. The van der Waals surface area contributed by atoms with Gasteiger partial charge in [-0.05, 0) is 5.56 Å². The van der Waals surface area contributed by atoms with E-state index in [1.807, 2.05) is 18.2 Å². The maximum Gasteiger partial charge on any atom is 0.191 e. The Labute approximate surface area is 110 Å². The molecule has 2 rings (SSSR count). The predicted octanol–water partition coefficient (Wildman–Crippen LogP) is 2.45. The van der Waals surface area contributed by atoms with Crippen molar-refractivity contribution in [2.45, 2.75) is 5.16 Å². The summed E-state index contributed by atoms with van der Waals surface area (Å²) in [5.74, 6) is 1.58. The number of benzene rings is 1. The van der Waals surface area contributed by atoms with Gasteiger partial charge in [0, 0.05) is 11.8 Å². The van der Waals surface area contributed by atoms with E-state index in [2.05, 4.69) is 34.3 Å². The predicted molar refractivity (Wildman–Crippen MR) is 77.1 cm³/mol. The van der Waals surface area contributed by atoms with Crippen molar-refractivity contribution >= 4 is 29.5 Å². The van der Waals surface area contributed by atoms with Gasteiger partial charge >= 0.3 is 0 Å². The monoisotopic (exact) mass is 258 g/mol. The first-order chi connectivity index (χ1) is 8.74. The van der Waals surface area contributed by atoms with Gasteiger partial charge in [-0.2, -0.15) is 0 Å². The van der Waals surface area contributed by atoms with Crippen molar-refractivity contribution in [3.8, 4) is 0 Å². The van der Waals surface area contributed by atoms with Gasteiger partial charge in [0.1, 0.15) is 11.6 Å². The van der Waals surface area contributed by atoms with Crippen molar-refractivity contribution in [2.24, 2.45) is 0 Å². The second-order valence-corrected chi connectivity index (χ2v) is 4.61. The molecule has 2 aromatic rings. The van der Waals surface area contributed by atoms with Crippen LogP contribution in [0, 0.1) is 0 Å². The van der Waals surface area contributed by atoms with Gasteiger partial charge in [-0.3, -0.25) is 0 Å². The Bertz CT molecular complexity index is 520. The maximum absolute atomic E-state index is 5.59. The van der Waals surface area contributed by atoms with Gasteiger partial charge in [-0.25, -0.2) is 9.97 Å². The van der Waals surface area contributed by atoms with E-state index in [-0.39, 0.29) is 0 Å². The van der Waals surface area contributed by atoms with Crippen LogP contribution in [0.25, 0.3) is 6.08 Å². The normalized spacial score (nSPS) is 10.9. The van der Waals surface area contributed by atoms with Crippen LogP contribution in [0.3, 0.4) is 0 Å². The molecule has 0 radical (unpaired) electrons. The van der Waals surface area contributed by atoms with Crippen LogP contribution in [-0.2, 0) is 0 Å². The van der Waals surface area contributed by atoms with Crippen LogP contribution >= 0.6 is 11.8 Å². The molecule has 0 spiro atoms. The summed E-state index contributed by atoms with van der Waals surface area (Å²) in [7, 11) is 0. The molecule has 4 nitrogen and oxygen atoms in total. The first-order valence-electron chi connectivity index (χ1n) is 5.48. The largest absolute Gasteiger partial charge is 0.383 e. The summed E-state index contributed by atoms with van der Waals surface area (Å²) in [6, 6.07) is 11.7. The Kier molecular flexibility index (Phi) is 4.20. The molecule has 0 amide bonds. The fraction of sp³-hybridized carbons (Fsp3) is 0.0769. The molecule has 0 aliphatic heterocycles. The van der Waals surface area contributed by atoms with E-state index in [0.717, 1.165) is 5.75 Å². The third-order valence-electron chi connectivity index (χ3n) is 2.16. The highest BCUT2D eigenvalue weighted by molar-refractivity contribution is 7.99. The maximum atomic E-state index is 5.59. The number of anilines is 2. The molecular weight excluding hydrogens is 244 g/mol. The van der Waals surface area contributed by atoms with E-state index in [1.54, 1.807) is 6.07 Å². The van der Waals surface area contributed by atoms with Crippen LogP contribution in [0.15, 0.2) is 47.6 Å². The molecule has 5 heteroatoms. The molecule has 92 valence electrons. The number of nitrogen functional groups attached to an aromatic ring is 2. The van der Waals surface area contributed by atoms with Gasteiger partial charge in [0.25, 0.3) is 0 Å². The molecule has 1 heterocycles. The number of hydrogen-bond donors (Lipinski definition) is 2. The lowest BCUT2D eigenvalue weighted by molar-refractivity contribution is 0.987. The summed E-state index contributed by atoms with van der Waals surface area (Å²) in [5.41, 5.74) is 12.4. The number of rotatable bonds is 4. The fourth-order valence-corrected chi connectivity index (χ4v) is 2.08. The summed E-state index contributed by atoms with van der Waals surface area (Å²) >= 11 is 1.50. The molecular formula is C13H14N4S. The molecule has 4 N–H and O–H groups in total. The Morgan fingerprint density at radius 1 is 1.06 bits per heavy atom. The number of nitrogens with two attached hydrogens (primary N) is 2. The van der Waals surface area contributed by atoms with Crippen molar-refractivity contribution in [3.05, 3.63) is 48.0 Å². The lowest BCUT2D eigenvalue weighted by Crippen LogP contribution is -1.99. The van der Waals surface area contributed by atoms with Crippen LogP contribution in [0.2, 0.25) is 0 Å². The van der Waals surface area contributed by atoms with Gasteiger partial charge in [-0.1, -0.05) is 54.2 Å². The molecule has 0 aliphatic rings. The Balaban J connectivity index is 1.90. The lowest BCUT2D eigenvalue weighted by Gasteiger charge is -2.00. The summed E-state index contributed by atoms with van der Waals surface area (Å²) < 4.78 is 0. The number of nitrogens with zero attached hydrogens (tertiary/aromatic N) is 2. The van der Waals surface area contributed by atoms with Gasteiger partial charge in [0.2, 0.25) is 0 Å². The Morgan fingerprint density at radius 3 is 2.39 bits per heavy atom. The van der Waals surface area contributed by atoms with E-state index in [9.17, 15) is 0 Å². The topological polar surface area (TPSA) is 77.8 Å². The molecule has 0 unspecified atom stereocenters. The van der Waals surface area contributed by atoms with Crippen LogP contribution in [0.4, 0.5) is 11.6 Å². The van der Waals surface area contributed by atoms with Crippen molar-refractivity contribution in [3.63, 3.8) is 0 Å². The van der Waals surface area contributed by atoms with E-state index in [1.165, 1.54) is 17.3 Å². The zero-order valence-corrected chi connectivity index (χ0v) is 10.6. The van der Waals surface area contributed by atoms with Crippen molar-refractivity contribution in [2.75, 3.05) is 17.2 Å². The average Bonchev–Trinajstić information content (AvgIpc) is 2.35. The third kappa shape index (κ3) is 3.78. The molecule has 0 saturated carbocycles. The summed E-state index contributed by atoms with van der Waals surface area (Å²) in [6.45, 7) is 0. The number of aromatic nitrogens is 2.